The number of aryl methyl sites for hydroxylation is 1. The average molecular weight is 348 g/mol. The van der Waals surface area contributed by atoms with Gasteiger partial charge in [0.25, 0.3) is 5.91 Å². The summed E-state index contributed by atoms with van der Waals surface area (Å²) in [5, 5.41) is 2.92. The number of hydrogen-bond acceptors (Lipinski definition) is 4. The molecular weight excluding hydrogens is 328 g/mol. The molecule has 0 saturated heterocycles. The van der Waals surface area contributed by atoms with E-state index in [0.29, 0.717) is 22.7 Å². The standard InChI is InChI=1S/C21H20N2O3/c1-14-7-8-16(12-19(14)20-6-4-5-9-22-20)23-21(24)15-10-17(25-2)13-18(11-15)26-3/h4-13H,1-3H3,(H,23,24). The number of anilines is 1. The number of nitrogens with one attached hydrogen (secondary N) is 1. The number of hydrogen-bond donors (Lipinski definition) is 1. The minimum Gasteiger partial charge on any atom is -0.497 e. The van der Waals surface area contributed by atoms with Gasteiger partial charge in [-0.15, -0.1) is 0 Å². The van der Waals surface area contributed by atoms with Crippen LogP contribution < -0.4 is 14.8 Å². The van der Waals surface area contributed by atoms with Crippen molar-refractivity contribution in [3.8, 4) is 22.8 Å². The summed E-state index contributed by atoms with van der Waals surface area (Å²) >= 11 is 0. The van der Waals surface area contributed by atoms with Gasteiger partial charge in [0, 0.05) is 29.1 Å². The van der Waals surface area contributed by atoms with Gasteiger partial charge in [-0.2, -0.15) is 0 Å². The molecule has 132 valence electrons. The summed E-state index contributed by atoms with van der Waals surface area (Å²) < 4.78 is 10.4. The Kier molecular flexibility index (Phi) is 5.17. The maximum Gasteiger partial charge on any atom is 0.255 e. The predicted octanol–water partition coefficient (Wildman–Crippen LogP) is 4.33. The summed E-state index contributed by atoms with van der Waals surface area (Å²) in [5.74, 6) is 0.887. The van der Waals surface area contributed by atoms with Crippen LogP contribution in [0.4, 0.5) is 5.69 Å². The van der Waals surface area contributed by atoms with Crippen molar-refractivity contribution in [2.24, 2.45) is 0 Å². The summed E-state index contributed by atoms with van der Waals surface area (Å²) in [5.41, 5.74) is 4.09. The summed E-state index contributed by atoms with van der Waals surface area (Å²) in [6.07, 6.45) is 1.75. The maximum atomic E-state index is 12.6. The molecule has 5 nitrogen and oxygen atoms in total. The maximum absolute atomic E-state index is 12.6. The Labute approximate surface area is 152 Å². The van der Waals surface area contributed by atoms with Gasteiger partial charge in [0.15, 0.2) is 0 Å². The Balaban J connectivity index is 1.89. The molecule has 1 amide bonds. The Hall–Kier alpha value is -3.34. The molecule has 2 aromatic carbocycles. The molecule has 1 aromatic heterocycles. The number of ether oxygens (including phenoxy) is 2. The number of pyridine rings is 1. The van der Waals surface area contributed by atoms with Crippen LogP contribution in [0.5, 0.6) is 11.5 Å². The summed E-state index contributed by atoms with van der Waals surface area (Å²) in [6.45, 7) is 2.02. The number of carbonyl (C=O) groups is 1. The molecule has 0 unspecified atom stereocenters. The first-order chi connectivity index (χ1) is 12.6. The highest BCUT2D eigenvalue weighted by Gasteiger charge is 2.12. The Morgan fingerprint density at radius 1 is 0.962 bits per heavy atom. The van der Waals surface area contributed by atoms with E-state index in [1.54, 1.807) is 38.6 Å². The smallest absolute Gasteiger partial charge is 0.255 e. The van der Waals surface area contributed by atoms with Crippen molar-refractivity contribution in [3.63, 3.8) is 0 Å². The lowest BCUT2D eigenvalue weighted by Crippen LogP contribution is -2.12. The fourth-order valence-electron chi connectivity index (χ4n) is 2.64. The van der Waals surface area contributed by atoms with Crippen molar-refractivity contribution in [3.05, 3.63) is 71.9 Å². The minimum absolute atomic E-state index is 0.238. The van der Waals surface area contributed by atoms with Crippen molar-refractivity contribution in [1.82, 2.24) is 4.98 Å². The molecule has 1 N–H and O–H groups in total. The Morgan fingerprint density at radius 2 is 1.69 bits per heavy atom. The molecule has 1 heterocycles. The summed E-state index contributed by atoms with van der Waals surface area (Å²) in [4.78, 5) is 17.0. The van der Waals surface area contributed by atoms with Gasteiger partial charge in [0.05, 0.1) is 19.9 Å². The van der Waals surface area contributed by atoms with Gasteiger partial charge in [-0.25, -0.2) is 0 Å². The molecule has 0 saturated carbocycles. The molecule has 0 fully saturated rings. The number of methoxy groups -OCH3 is 2. The van der Waals surface area contributed by atoms with E-state index >= 15 is 0 Å². The fourth-order valence-corrected chi connectivity index (χ4v) is 2.64. The van der Waals surface area contributed by atoms with E-state index in [4.69, 9.17) is 9.47 Å². The summed E-state index contributed by atoms with van der Waals surface area (Å²) in [7, 11) is 3.10. The lowest BCUT2D eigenvalue weighted by molar-refractivity contribution is 0.102. The second-order valence-corrected chi connectivity index (χ2v) is 5.80. The predicted molar refractivity (Wildman–Crippen MR) is 102 cm³/mol. The monoisotopic (exact) mass is 348 g/mol. The SMILES string of the molecule is COc1cc(OC)cc(C(=O)Nc2ccc(C)c(-c3ccccn3)c2)c1. The van der Waals surface area contributed by atoms with Crippen molar-refractivity contribution >= 4 is 11.6 Å². The lowest BCUT2D eigenvalue weighted by atomic mass is 10.0. The molecule has 5 heteroatoms. The first-order valence-electron chi connectivity index (χ1n) is 8.17. The van der Waals surface area contributed by atoms with E-state index in [2.05, 4.69) is 10.3 Å². The number of rotatable bonds is 5. The third-order valence-corrected chi connectivity index (χ3v) is 4.05. The van der Waals surface area contributed by atoms with Gasteiger partial charge in [-0.1, -0.05) is 12.1 Å². The molecule has 3 aromatic rings. The fraction of sp³-hybridized carbons (Fsp3) is 0.143. The van der Waals surface area contributed by atoms with E-state index in [1.165, 1.54) is 0 Å². The Bertz CT molecular complexity index is 902. The number of carbonyl (C=O) groups excluding carboxylic acids is 1. The average Bonchev–Trinajstić information content (AvgIpc) is 2.69. The van der Waals surface area contributed by atoms with E-state index < -0.39 is 0 Å². The van der Waals surface area contributed by atoms with Crippen LogP contribution in [-0.2, 0) is 0 Å². The van der Waals surface area contributed by atoms with Crippen LogP contribution in [0.3, 0.4) is 0 Å². The molecule has 0 aliphatic heterocycles. The molecule has 0 spiro atoms. The number of benzene rings is 2. The van der Waals surface area contributed by atoms with E-state index in [0.717, 1.165) is 16.8 Å². The van der Waals surface area contributed by atoms with Crippen molar-refractivity contribution in [2.45, 2.75) is 6.92 Å². The van der Waals surface area contributed by atoms with Crippen LogP contribution >= 0.6 is 0 Å². The van der Waals surface area contributed by atoms with Gasteiger partial charge in [-0.05, 0) is 48.9 Å². The van der Waals surface area contributed by atoms with E-state index in [1.807, 2.05) is 43.3 Å². The van der Waals surface area contributed by atoms with Crippen molar-refractivity contribution in [2.75, 3.05) is 19.5 Å². The lowest BCUT2D eigenvalue weighted by Gasteiger charge is -2.11. The first kappa shape index (κ1) is 17.5. The van der Waals surface area contributed by atoms with Gasteiger partial charge >= 0.3 is 0 Å². The second-order valence-electron chi connectivity index (χ2n) is 5.80. The van der Waals surface area contributed by atoms with Crippen LogP contribution in [0, 0.1) is 6.92 Å². The first-order valence-corrected chi connectivity index (χ1v) is 8.17. The highest BCUT2D eigenvalue weighted by Crippen LogP contribution is 2.26. The molecule has 0 atom stereocenters. The zero-order valence-corrected chi connectivity index (χ0v) is 14.9. The van der Waals surface area contributed by atoms with Gasteiger partial charge in [0.1, 0.15) is 11.5 Å². The van der Waals surface area contributed by atoms with E-state index in [-0.39, 0.29) is 5.91 Å². The van der Waals surface area contributed by atoms with Gasteiger partial charge in [-0.3, -0.25) is 9.78 Å². The van der Waals surface area contributed by atoms with Crippen LogP contribution in [0.25, 0.3) is 11.3 Å². The largest absolute Gasteiger partial charge is 0.497 e. The van der Waals surface area contributed by atoms with Crippen LogP contribution in [-0.4, -0.2) is 25.1 Å². The number of amides is 1. The zero-order chi connectivity index (χ0) is 18.5. The van der Waals surface area contributed by atoms with Crippen LogP contribution in [0.1, 0.15) is 15.9 Å². The van der Waals surface area contributed by atoms with Gasteiger partial charge in [0.2, 0.25) is 0 Å². The zero-order valence-electron chi connectivity index (χ0n) is 14.9. The molecule has 3 rings (SSSR count). The second kappa shape index (κ2) is 7.70. The molecule has 26 heavy (non-hydrogen) atoms. The highest BCUT2D eigenvalue weighted by molar-refractivity contribution is 6.05. The molecule has 0 bridgehead atoms. The summed E-state index contributed by atoms with van der Waals surface area (Å²) in [6, 6.07) is 16.6. The third-order valence-electron chi connectivity index (χ3n) is 4.05. The highest BCUT2D eigenvalue weighted by atomic mass is 16.5. The van der Waals surface area contributed by atoms with Crippen molar-refractivity contribution < 1.29 is 14.3 Å². The Morgan fingerprint density at radius 3 is 2.31 bits per heavy atom. The third kappa shape index (κ3) is 3.83. The minimum atomic E-state index is -0.238. The topological polar surface area (TPSA) is 60.5 Å². The van der Waals surface area contributed by atoms with Crippen LogP contribution in [0.2, 0.25) is 0 Å². The number of aromatic nitrogens is 1. The molecular formula is C21H20N2O3. The van der Waals surface area contributed by atoms with E-state index in [9.17, 15) is 4.79 Å². The van der Waals surface area contributed by atoms with Crippen LogP contribution in [0.15, 0.2) is 60.8 Å². The van der Waals surface area contributed by atoms with Gasteiger partial charge < -0.3 is 14.8 Å². The molecule has 0 radical (unpaired) electrons. The number of nitrogens with zero attached hydrogens (tertiary/aromatic N) is 1. The molecule has 0 aliphatic carbocycles. The van der Waals surface area contributed by atoms with Crippen molar-refractivity contribution in [1.29, 1.82) is 0 Å². The molecule has 0 aliphatic rings. The quantitative estimate of drug-likeness (QED) is 0.746. The normalized spacial score (nSPS) is 10.3.